The summed E-state index contributed by atoms with van der Waals surface area (Å²) in [7, 11) is 0. The van der Waals surface area contributed by atoms with Gasteiger partial charge in [-0.1, -0.05) is 35.9 Å². The molecule has 2 atom stereocenters. The highest BCUT2D eigenvalue weighted by atomic mass is 35.5. The van der Waals surface area contributed by atoms with Crippen LogP contribution < -0.4 is 5.32 Å². The molecule has 2 unspecified atom stereocenters. The zero-order valence-electron chi connectivity index (χ0n) is 17.4. The number of benzene rings is 1. The lowest BCUT2D eigenvalue weighted by Crippen LogP contribution is -2.29. The second-order valence-electron chi connectivity index (χ2n) is 7.74. The van der Waals surface area contributed by atoms with Crippen LogP contribution in [0.2, 0.25) is 5.02 Å². The van der Waals surface area contributed by atoms with Gasteiger partial charge in [-0.25, -0.2) is 0 Å². The van der Waals surface area contributed by atoms with E-state index in [1.807, 2.05) is 73.7 Å². The number of hydrogen-bond donors (Lipinski definition) is 1. The Morgan fingerprint density at radius 2 is 1.84 bits per heavy atom. The molecule has 0 aliphatic carbocycles. The molecule has 1 saturated heterocycles. The number of hydrogen-bond acceptors (Lipinski definition) is 4. The summed E-state index contributed by atoms with van der Waals surface area (Å²) in [5.74, 6) is 1.56. The van der Waals surface area contributed by atoms with Crippen molar-refractivity contribution in [3.05, 3.63) is 107 Å². The van der Waals surface area contributed by atoms with Crippen molar-refractivity contribution in [1.29, 1.82) is 0 Å². The molecule has 0 spiro atoms. The number of aryl methyl sites for hydroxylation is 1. The molecule has 4 aromatic rings. The molecule has 1 aliphatic rings. The van der Waals surface area contributed by atoms with Crippen molar-refractivity contribution in [3.63, 3.8) is 0 Å². The Morgan fingerprint density at radius 1 is 1.03 bits per heavy atom. The molecule has 0 saturated carbocycles. The molecular formula is C25H21ClN4OS. The average molecular weight is 461 g/mol. The van der Waals surface area contributed by atoms with Gasteiger partial charge in [0.2, 0.25) is 0 Å². The maximum absolute atomic E-state index is 6.37. The van der Waals surface area contributed by atoms with Crippen molar-refractivity contribution in [2.45, 2.75) is 25.6 Å². The van der Waals surface area contributed by atoms with Gasteiger partial charge in [0, 0.05) is 23.0 Å². The van der Waals surface area contributed by atoms with Crippen LogP contribution in [-0.4, -0.2) is 20.0 Å². The largest absolute Gasteiger partial charge is 0.459 e. The molecule has 32 heavy (non-hydrogen) atoms. The molecule has 5 rings (SSSR count). The highest BCUT2D eigenvalue weighted by Gasteiger charge is 2.41. The fourth-order valence-corrected chi connectivity index (χ4v) is 4.45. The normalized spacial score (nSPS) is 18.1. The van der Waals surface area contributed by atoms with E-state index in [1.54, 1.807) is 12.4 Å². The van der Waals surface area contributed by atoms with E-state index in [2.05, 4.69) is 20.2 Å². The molecule has 0 amide bonds. The lowest BCUT2D eigenvalue weighted by molar-refractivity contribution is 0.267. The highest BCUT2D eigenvalue weighted by molar-refractivity contribution is 7.80. The molecule has 1 aromatic carbocycles. The number of nitrogens with one attached hydrogen (secondary N) is 1. The molecule has 0 bridgehead atoms. The number of pyridine rings is 2. The van der Waals surface area contributed by atoms with Crippen LogP contribution >= 0.6 is 23.8 Å². The van der Waals surface area contributed by atoms with Gasteiger partial charge in [0.15, 0.2) is 5.11 Å². The molecule has 160 valence electrons. The summed E-state index contributed by atoms with van der Waals surface area (Å²) in [4.78, 5) is 11.2. The molecule has 1 aliphatic heterocycles. The lowest BCUT2D eigenvalue weighted by Gasteiger charge is -2.25. The first-order valence-electron chi connectivity index (χ1n) is 10.3. The van der Waals surface area contributed by atoms with Crippen LogP contribution in [0.25, 0.3) is 11.3 Å². The third kappa shape index (κ3) is 3.99. The van der Waals surface area contributed by atoms with E-state index < -0.39 is 0 Å². The highest BCUT2D eigenvalue weighted by Crippen LogP contribution is 2.41. The Bertz CT molecular complexity index is 1250. The fraction of sp³-hybridized carbons (Fsp3) is 0.160. The van der Waals surface area contributed by atoms with Gasteiger partial charge >= 0.3 is 0 Å². The quantitative estimate of drug-likeness (QED) is 0.376. The second-order valence-corrected chi connectivity index (χ2v) is 8.54. The Balaban J connectivity index is 1.54. The van der Waals surface area contributed by atoms with E-state index in [1.165, 1.54) is 0 Å². The number of nitrogens with zero attached hydrogens (tertiary/aromatic N) is 3. The van der Waals surface area contributed by atoms with E-state index in [4.69, 9.17) is 28.2 Å². The zero-order chi connectivity index (χ0) is 22.1. The Kier molecular flexibility index (Phi) is 5.64. The molecule has 1 N–H and O–H groups in total. The van der Waals surface area contributed by atoms with Crippen LogP contribution in [0.15, 0.2) is 83.5 Å². The van der Waals surface area contributed by atoms with E-state index in [-0.39, 0.29) is 12.1 Å². The van der Waals surface area contributed by atoms with Crippen molar-refractivity contribution in [2.24, 2.45) is 0 Å². The molecule has 7 heteroatoms. The van der Waals surface area contributed by atoms with Crippen LogP contribution in [0, 0.1) is 6.92 Å². The van der Waals surface area contributed by atoms with Crippen molar-refractivity contribution < 1.29 is 4.42 Å². The van der Waals surface area contributed by atoms with E-state index >= 15 is 0 Å². The molecule has 0 radical (unpaired) electrons. The first-order chi connectivity index (χ1) is 15.6. The van der Waals surface area contributed by atoms with Crippen LogP contribution in [0.3, 0.4) is 0 Å². The van der Waals surface area contributed by atoms with Crippen LogP contribution in [0.1, 0.15) is 34.8 Å². The zero-order valence-corrected chi connectivity index (χ0v) is 19.0. The number of thiocarbonyl (C=S) groups is 1. The SMILES string of the molecule is Cc1ccc(-c2ccc(C3C(c4ccccn4)NC(=S)N3Cc3ccccn3)o2)cc1Cl. The van der Waals surface area contributed by atoms with Gasteiger partial charge in [0.05, 0.1) is 24.0 Å². The molecule has 4 heterocycles. The Hall–Kier alpha value is -3.22. The summed E-state index contributed by atoms with van der Waals surface area (Å²) < 4.78 is 6.37. The summed E-state index contributed by atoms with van der Waals surface area (Å²) in [6, 6.07) is 21.4. The van der Waals surface area contributed by atoms with Gasteiger partial charge in [-0.2, -0.15) is 0 Å². The van der Waals surface area contributed by atoms with Gasteiger partial charge in [-0.15, -0.1) is 0 Å². The number of furan rings is 1. The third-order valence-electron chi connectivity index (χ3n) is 5.63. The van der Waals surface area contributed by atoms with Crippen LogP contribution in [0.5, 0.6) is 0 Å². The second kappa shape index (κ2) is 8.73. The fourth-order valence-electron chi connectivity index (χ4n) is 3.96. The van der Waals surface area contributed by atoms with E-state index in [9.17, 15) is 0 Å². The molecule has 5 nitrogen and oxygen atoms in total. The molecular weight excluding hydrogens is 440 g/mol. The Morgan fingerprint density at radius 3 is 2.56 bits per heavy atom. The van der Waals surface area contributed by atoms with Gasteiger partial charge in [-0.05, 0) is 67.2 Å². The summed E-state index contributed by atoms with van der Waals surface area (Å²) in [5.41, 5.74) is 3.80. The Labute approximate surface area is 197 Å². The van der Waals surface area contributed by atoms with Crippen molar-refractivity contribution in [1.82, 2.24) is 20.2 Å². The predicted octanol–water partition coefficient (Wildman–Crippen LogP) is 5.87. The predicted molar refractivity (Wildman–Crippen MR) is 129 cm³/mol. The minimum atomic E-state index is -0.172. The summed E-state index contributed by atoms with van der Waals surface area (Å²) in [6.07, 6.45) is 3.58. The first-order valence-corrected chi connectivity index (χ1v) is 11.1. The average Bonchev–Trinajstić information content (AvgIpc) is 3.42. The van der Waals surface area contributed by atoms with Gasteiger partial charge in [-0.3, -0.25) is 9.97 Å². The summed E-state index contributed by atoms with van der Waals surface area (Å²) in [6.45, 7) is 2.55. The maximum atomic E-state index is 6.37. The number of rotatable bonds is 5. The third-order valence-corrected chi connectivity index (χ3v) is 6.39. The van der Waals surface area contributed by atoms with E-state index in [0.717, 1.165) is 34.0 Å². The maximum Gasteiger partial charge on any atom is 0.170 e. The van der Waals surface area contributed by atoms with Gasteiger partial charge < -0.3 is 14.6 Å². The minimum absolute atomic E-state index is 0.145. The monoisotopic (exact) mass is 460 g/mol. The number of aromatic nitrogens is 2. The summed E-state index contributed by atoms with van der Waals surface area (Å²) in [5, 5.41) is 4.80. The van der Waals surface area contributed by atoms with E-state index in [0.29, 0.717) is 16.7 Å². The lowest BCUT2D eigenvalue weighted by atomic mass is 10.0. The number of halogens is 1. The molecule has 1 fully saturated rings. The van der Waals surface area contributed by atoms with Crippen molar-refractivity contribution in [3.8, 4) is 11.3 Å². The van der Waals surface area contributed by atoms with Crippen molar-refractivity contribution in [2.75, 3.05) is 0 Å². The smallest absolute Gasteiger partial charge is 0.170 e. The van der Waals surface area contributed by atoms with Gasteiger partial charge in [0.1, 0.15) is 17.6 Å². The first kappa shape index (κ1) is 20.7. The van der Waals surface area contributed by atoms with Crippen LogP contribution in [0.4, 0.5) is 0 Å². The van der Waals surface area contributed by atoms with Crippen LogP contribution in [-0.2, 0) is 6.54 Å². The van der Waals surface area contributed by atoms with Crippen molar-refractivity contribution >= 4 is 28.9 Å². The topological polar surface area (TPSA) is 54.2 Å². The molecule has 3 aromatic heterocycles. The van der Waals surface area contributed by atoms with Gasteiger partial charge in [0.25, 0.3) is 0 Å². The summed E-state index contributed by atoms with van der Waals surface area (Å²) >= 11 is 12.1. The standard InChI is InChI=1S/C25H21ClN4OS/c1-16-8-9-17(14-19(16)26)21-10-11-22(31-21)24-23(20-7-3-5-13-28-20)29-25(32)30(24)15-18-6-2-4-12-27-18/h2-14,23-24H,15H2,1H3,(H,29,32). The minimum Gasteiger partial charge on any atom is -0.459 e.